The molecule has 0 saturated carbocycles. The van der Waals surface area contributed by atoms with Crippen molar-refractivity contribution in [3.8, 4) is 5.75 Å². The summed E-state index contributed by atoms with van der Waals surface area (Å²) in [6.45, 7) is 5.27. The van der Waals surface area contributed by atoms with Crippen molar-refractivity contribution in [1.82, 2.24) is 5.32 Å². The van der Waals surface area contributed by atoms with Crippen molar-refractivity contribution in [2.24, 2.45) is 5.92 Å². The van der Waals surface area contributed by atoms with Gasteiger partial charge in [0.1, 0.15) is 5.75 Å². The van der Waals surface area contributed by atoms with Crippen LogP contribution in [0.4, 0.5) is 0 Å². The molecule has 1 fully saturated rings. The lowest BCUT2D eigenvalue weighted by Gasteiger charge is -2.22. The predicted molar refractivity (Wildman–Crippen MR) is 83.8 cm³/mol. The Kier molecular flexibility index (Phi) is 7.59. The molecule has 0 aliphatic carbocycles. The van der Waals surface area contributed by atoms with Gasteiger partial charge in [-0.2, -0.15) is 0 Å². The highest BCUT2D eigenvalue weighted by atomic mass is 35.5. The van der Waals surface area contributed by atoms with Crippen molar-refractivity contribution >= 4 is 24.0 Å². The van der Waals surface area contributed by atoms with Crippen LogP contribution in [0.3, 0.4) is 0 Å². The van der Waals surface area contributed by atoms with E-state index in [4.69, 9.17) is 16.3 Å². The number of aryl methyl sites for hydroxylation is 1. The Hall–Kier alpha value is -0.440. The summed E-state index contributed by atoms with van der Waals surface area (Å²) in [5.74, 6) is 1.82. The molecule has 2 rings (SSSR count). The first-order valence-electron chi connectivity index (χ1n) is 6.91. The Morgan fingerprint density at radius 1 is 1.32 bits per heavy atom. The van der Waals surface area contributed by atoms with Gasteiger partial charge in [-0.3, -0.25) is 0 Å². The SMILES string of the molecule is CCc1cc(Cl)ccc1OCCC1CCNCC1.Cl. The molecule has 1 heterocycles. The van der Waals surface area contributed by atoms with Gasteiger partial charge in [0.15, 0.2) is 0 Å². The number of halogens is 2. The largest absolute Gasteiger partial charge is 0.493 e. The Labute approximate surface area is 127 Å². The van der Waals surface area contributed by atoms with Crippen molar-refractivity contribution < 1.29 is 4.74 Å². The van der Waals surface area contributed by atoms with E-state index < -0.39 is 0 Å². The van der Waals surface area contributed by atoms with E-state index in [1.807, 2.05) is 18.2 Å². The Morgan fingerprint density at radius 3 is 2.74 bits per heavy atom. The lowest BCUT2D eigenvalue weighted by atomic mass is 9.95. The van der Waals surface area contributed by atoms with Crippen LogP contribution in [-0.2, 0) is 6.42 Å². The zero-order valence-electron chi connectivity index (χ0n) is 11.5. The Morgan fingerprint density at radius 2 is 2.05 bits per heavy atom. The molecule has 1 saturated heterocycles. The first-order valence-corrected chi connectivity index (χ1v) is 7.29. The number of nitrogens with one attached hydrogen (secondary N) is 1. The van der Waals surface area contributed by atoms with Crippen LogP contribution < -0.4 is 10.1 Å². The minimum Gasteiger partial charge on any atom is -0.493 e. The van der Waals surface area contributed by atoms with Gasteiger partial charge < -0.3 is 10.1 Å². The van der Waals surface area contributed by atoms with Crippen molar-refractivity contribution in [2.75, 3.05) is 19.7 Å². The molecule has 0 radical (unpaired) electrons. The number of ether oxygens (including phenoxy) is 1. The molecule has 1 aromatic rings. The summed E-state index contributed by atoms with van der Waals surface area (Å²) < 4.78 is 5.91. The molecule has 2 nitrogen and oxygen atoms in total. The lowest BCUT2D eigenvalue weighted by Crippen LogP contribution is -2.28. The monoisotopic (exact) mass is 303 g/mol. The third-order valence-corrected chi connectivity index (χ3v) is 3.88. The summed E-state index contributed by atoms with van der Waals surface area (Å²) in [6, 6.07) is 5.89. The molecule has 1 aliphatic heterocycles. The molecule has 0 bridgehead atoms. The summed E-state index contributed by atoms with van der Waals surface area (Å²) in [6.07, 6.45) is 4.69. The maximum Gasteiger partial charge on any atom is 0.122 e. The van der Waals surface area contributed by atoms with Crippen molar-refractivity contribution in [3.63, 3.8) is 0 Å². The molecule has 108 valence electrons. The summed E-state index contributed by atoms with van der Waals surface area (Å²) in [5.41, 5.74) is 1.20. The normalized spacial score (nSPS) is 15.9. The molecular weight excluding hydrogens is 281 g/mol. The van der Waals surface area contributed by atoms with Crippen LogP contribution in [-0.4, -0.2) is 19.7 Å². The first kappa shape index (κ1) is 16.6. The number of hydrogen-bond donors (Lipinski definition) is 1. The molecule has 1 N–H and O–H groups in total. The fourth-order valence-corrected chi connectivity index (χ4v) is 2.67. The van der Waals surface area contributed by atoms with E-state index in [0.29, 0.717) is 0 Å². The highest BCUT2D eigenvalue weighted by molar-refractivity contribution is 6.30. The van der Waals surface area contributed by atoms with Crippen LogP contribution in [0.1, 0.15) is 31.7 Å². The first-order chi connectivity index (χ1) is 8.79. The van der Waals surface area contributed by atoms with Gasteiger partial charge in [0.2, 0.25) is 0 Å². The van der Waals surface area contributed by atoms with Gasteiger partial charge >= 0.3 is 0 Å². The maximum absolute atomic E-state index is 5.99. The minimum atomic E-state index is 0. The fraction of sp³-hybridized carbons (Fsp3) is 0.600. The van der Waals surface area contributed by atoms with Crippen molar-refractivity contribution in [1.29, 1.82) is 0 Å². The zero-order valence-corrected chi connectivity index (χ0v) is 13.0. The van der Waals surface area contributed by atoms with E-state index in [-0.39, 0.29) is 12.4 Å². The van der Waals surface area contributed by atoms with Gasteiger partial charge in [-0.05, 0) is 68.5 Å². The van der Waals surface area contributed by atoms with Crippen LogP contribution in [0.5, 0.6) is 5.75 Å². The quantitative estimate of drug-likeness (QED) is 0.884. The van der Waals surface area contributed by atoms with Gasteiger partial charge in [0.25, 0.3) is 0 Å². The van der Waals surface area contributed by atoms with Gasteiger partial charge in [-0.25, -0.2) is 0 Å². The predicted octanol–water partition coefficient (Wildman–Crippen LogP) is 4.09. The van der Waals surface area contributed by atoms with Gasteiger partial charge in [0.05, 0.1) is 6.61 Å². The van der Waals surface area contributed by atoms with Crippen molar-refractivity contribution in [3.05, 3.63) is 28.8 Å². The van der Waals surface area contributed by atoms with Crippen LogP contribution in [0.15, 0.2) is 18.2 Å². The second-order valence-electron chi connectivity index (χ2n) is 4.94. The van der Waals surface area contributed by atoms with E-state index >= 15 is 0 Å². The molecule has 1 aromatic carbocycles. The van der Waals surface area contributed by atoms with Crippen LogP contribution in [0, 0.1) is 5.92 Å². The summed E-state index contributed by atoms with van der Waals surface area (Å²) in [4.78, 5) is 0. The third kappa shape index (κ3) is 5.21. The molecular formula is C15H23Cl2NO. The number of piperidine rings is 1. The Bertz CT molecular complexity index is 378. The third-order valence-electron chi connectivity index (χ3n) is 3.65. The average molecular weight is 304 g/mol. The molecule has 0 unspecified atom stereocenters. The Balaban J connectivity index is 0.00000180. The van der Waals surface area contributed by atoms with E-state index in [9.17, 15) is 0 Å². The van der Waals surface area contributed by atoms with Crippen LogP contribution in [0.2, 0.25) is 5.02 Å². The molecule has 19 heavy (non-hydrogen) atoms. The van der Waals surface area contributed by atoms with E-state index in [1.54, 1.807) is 0 Å². The number of hydrogen-bond acceptors (Lipinski definition) is 2. The zero-order chi connectivity index (χ0) is 12.8. The topological polar surface area (TPSA) is 21.3 Å². The molecule has 0 atom stereocenters. The average Bonchev–Trinajstić information content (AvgIpc) is 2.41. The van der Waals surface area contributed by atoms with Crippen molar-refractivity contribution in [2.45, 2.75) is 32.6 Å². The molecule has 0 spiro atoms. The standard InChI is InChI=1S/C15H22ClNO.ClH/c1-2-13-11-14(16)3-4-15(13)18-10-7-12-5-8-17-9-6-12;/h3-4,11-12,17H,2,5-10H2,1H3;1H. The summed E-state index contributed by atoms with van der Waals surface area (Å²) in [5, 5.41) is 4.18. The summed E-state index contributed by atoms with van der Waals surface area (Å²) >= 11 is 5.99. The van der Waals surface area contributed by atoms with Crippen LogP contribution in [0.25, 0.3) is 0 Å². The number of benzene rings is 1. The van der Waals surface area contributed by atoms with E-state index in [0.717, 1.165) is 49.2 Å². The minimum absolute atomic E-state index is 0. The molecule has 0 aromatic heterocycles. The molecule has 0 amide bonds. The van der Waals surface area contributed by atoms with Crippen LogP contribution >= 0.6 is 24.0 Å². The molecule has 1 aliphatic rings. The fourth-order valence-electron chi connectivity index (χ4n) is 2.47. The van der Waals surface area contributed by atoms with Gasteiger partial charge in [-0.15, -0.1) is 12.4 Å². The van der Waals surface area contributed by atoms with E-state index in [2.05, 4.69) is 12.2 Å². The highest BCUT2D eigenvalue weighted by Crippen LogP contribution is 2.24. The second-order valence-corrected chi connectivity index (χ2v) is 5.37. The van der Waals surface area contributed by atoms with E-state index in [1.165, 1.54) is 18.4 Å². The van der Waals surface area contributed by atoms with Gasteiger partial charge in [0, 0.05) is 5.02 Å². The smallest absolute Gasteiger partial charge is 0.122 e. The number of rotatable bonds is 5. The second kappa shape index (κ2) is 8.68. The highest BCUT2D eigenvalue weighted by Gasteiger charge is 2.13. The lowest BCUT2D eigenvalue weighted by molar-refractivity contribution is 0.250. The summed E-state index contributed by atoms with van der Waals surface area (Å²) in [7, 11) is 0. The maximum atomic E-state index is 5.99. The molecule has 4 heteroatoms. The van der Waals surface area contributed by atoms with Gasteiger partial charge in [-0.1, -0.05) is 18.5 Å².